The number of hydrogen-bond donors (Lipinski definition) is 1. The molecule has 2 heterocycles. The van der Waals surface area contributed by atoms with Crippen LogP contribution in [0.3, 0.4) is 0 Å². The number of benzene rings is 1. The number of nitrogens with zero attached hydrogens (tertiary/aromatic N) is 3. The Morgan fingerprint density at radius 1 is 1.21 bits per heavy atom. The Balaban J connectivity index is 1.53. The highest BCUT2D eigenvalue weighted by Gasteiger charge is 2.30. The molecule has 28 heavy (non-hydrogen) atoms. The molecule has 2 aliphatic heterocycles. The fourth-order valence-electron chi connectivity index (χ4n) is 3.62. The van der Waals surface area contributed by atoms with Gasteiger partial charge in [0.2, 0.25) is 0 Å². The second-order valence-corrected chi connectivity index (χ2v) is 6.89. The molecule has 3 rings (SSSR count). The second-order valence-electron chi connectivity index (χ2n) is 6.89. The van der Waals surface area contributed by atoms with Crippen LogP contribution < -0.4 is 14.8 Å². The summed E-state index contributed by atoms with van der Waals surface area (Å²) in [6.07, 6.45) is 1.57. The van der Waals surface area contributed by atoms with Crippen molar-refractivity contribution in [2.45, 2.75) is 25.5 Å². The van der Waals surface area contributed by atoms with Crippen molar-refractivity contribution in [2.24, 2.45) is 4.99 Å². The van der Waals surface area contributed by atoms with Crippen LogP contribution in [0.15, 0.2) is 23.2 Å². The number of ether oxygens (including phenoxy) is 3. The first-order valence-electron chi connectivity index (χ1n) is 9.73. The number of guanidine groups is 1. The lowest BCUT2D eigenvalue weighted by atomic mass is 10.2. The standard InChI is InChI=1S/C20H30N4O4/c1-21-20(22-14-15-6-7-16(26-2)13-18(15)27-3)24-10-8-23(9-11-24)19(25)17-5-4-12-28-17/h6-7,13,17H,4-5,8-12,14H2,1-3H3,(H,21,22). The Bertz CT molecular complexity index is 695. The normalized spacial score (nSPS) is 20.2. The minimum Gasteiger partial charge on any atom is -0.497 e. The van der Waals surface area contributed by atoms with E-state index in [4.69, 9.17) is 14.2 Å². The van der Waals surface area contributed by atoms with E-state index in [9.17, 15) is 4.79 Å². The molecule has 2 fully saturated rings. The van der Waals surface area contributed by atoms with Crippen molar-refractivity contribution >= 4 is 11.9 Å². The molecule has 1 aromatic rings. The molecule has 0 aromatic heterocycles. The molecule has 1 atom stereocenters. The van der Waals surface area contributed by atoms with Gasteiger partial charge in [0.15, 0.2) is 5.96 Å². The highest BCUT2D eigenvalue weighted by atomic mass is 16.5. The largest absolute Gasteiger partial charge is 0.497 e. The van der Waals surface area contributed by atoms with Crippen molar-refractivity contribution in [3.05, 3.63) is 23.8 Å². The Morgan fingerprint density at radius 2 is 1.96 bits per heavy atom. The highest BCUT2D eigenvalue weighted by molar-refractivity contribution is 5.82. The molecule has 0 radical (unpaired) electrons. The monoisotopic (exact) mass is 390 g/mol. The summed E-state index contributed by atoms with van der Waals surface area (Å²) in [5.74, 6) is 2.48. The van der Waals surface area contributed by atoms with Gasteiger partial charge in [-0.25, -0.2) is 0 Å². The molecule has 0 bridgehead atoms. The molecular weight excluding hydrogens is 360 g/mol. The first-order chi connectivity index (χ1) is 13.7. The van der Waals surface area contributed by atoms with E-state index in [0.717, 1.165) is 49.0 Å². The van der Waals surface area contributed by atoms with Crippen molar-refractivity contribution in [1.82, 2.24) is 15.1 Å². The zero-order chi connectivity index (χ0) is 19.9. The molecule has 0 spiro atoms. The van der Waals surface area contributed by atoms with Crippen LogP contribution in [0.2, 0.25) is 0 Å². The lowest BCUT2D eigenvalue weighted by Gasteiger charge is -2.37. The smallest absolute Gasteiger partial charge is 0.251 e. The Hall–Kier alpha value is -2.48. The Labute approximate surface area is 166 Å². The van der Waals surface area contributed by atoms with Crippen LogP contribution in [0.1, 0.15) is 18.4 Å². The molecule has 154 valence electrons. The van der Waals surface area contributed by atoms with E-state index in [1.165, 1.54) is 0 Å². The Kier molecular flexibility index (Phi) is 6.97. The van der Waals surface area contributed by atoms with E-state index in [-0.39, 0.29) is 12.0 Å². The molecule has 1 unspecified atom stereocenters. The number of rotatable bonds is 5. The first-order valence-corrected chi connectivity index (χ1v) is 9.73. The maximum atomic E-state index is 12.5. The first kappa shape index (κ1) is 20.3. The van der Waals surface area contributed by atoms with Crippen molar-refractivity contribution in [1.29, 1.82) is 0 Å². The molecule has 2 saturated heterocycles. The average Bonchev–Trinajstić information content (AvgIpc) is 3.29. The highest BCUT2D eigenvalue weighted by Crippen LogP contribution is 2.24. The quantitative estimate of drug-likeness (QED) is 0.600. The summed E-state index contributed by atoms with van der Waals surface area (Å²) in [5.41, 5.74) is 1.02. The van der Waals surface area contributed by atoms with Gasteiger partial charge in [-0.2, -0.15) is 0 Å². The third kappa shape index (κ3) is 4.67. The van der Waals surface area contributed by atoms with Crippen LogP contribution in [-0.2, 0) is 16.1 Å². The van der Waals surface area contributed by atoms with Crippen LogP contribution in [0.4, 0.5) is 0 Å². The maximum Gasteiger partial charge on any atom is 0.251 e. The van der Waals surface area contributed by atoms with Crippen LogP contribution in [0, 0.1) is 0 Å². The zero-order valence-electron chi connectivity index (χ0n) is 16.9. The number of hydrogen-bond acceptors (Lipinski definition) is 5. The van der Waals surface area contributed by atoms with E-state index in [2.05, 4.69) is 15.2 Å². The summed E-state index contributed by atoms with van der Waals surface area (Å²) in [7, 11) is 5.06. The van der Waals surface area contributed by atoms with E-state index < -0.39 is 0 Å². The van der Waals surface area contributed by atoms with Crippen molar-refractivity contribution in [2.75, 3.05) is 54.1 Å². The third-order valence-electron chi connectivity index (χ3n) is 5.24. The summed E-state index contributed by atoms with van der Waals surface area (Å²) in [5, 5.41) is 3.39. The molecule has 0 saturated carbocycles. The minimum atomic E-state index is -0.244. The third-order valence-corrected chi connectivity index (χ3v) is 5.24. The fourth-order valence-corrected chi connectivity index (χ4v) is 3.62. The van der Waals surface area contributed by atoms with Gasteiger partial charge in [0.1, 0.15) is 17.6 Å². The SMILES string of the molecule is CN=C(NCc1ccc(OC)cc1OC)N1CCN(C(=O)C2CCCO2)CC1. The van der Waals surface area contributed by atoms with Gasteiger partial charge in [0, 0.05) is 58.0 Å². The van der Waals surface area contributed by atoms with Crippen molar-refractivity contribution < 1.29 is 19.0 Å². The molecular formula is C20H30N4O4. The predicted octanol–water partition coefficient (Wildman–Crippen LogP) is 1.10. The van der Waals surface area contributed by atoms with Crippen molar-refractivity contribution in [3.8, 4) is 11.5 Å². The number of amides is 1. The summed E-state index contributed by atoms with van der Waals surface area (Å²) in [6.45, 7) is 4.16. The molecule has 2 aliphatic rings. The van der Waals surface area contributed by atoms with Gasteiger partial charge < -0.3 is 29.3 Å². The van der Waals surface area contributed by atoms with E-state index >= 15 is 0 Å². The molecule has 1 N–H and O–H groups in total. The second kappa shape index (κ2) is 9.64. The van der Waals surface area contributed by atoms with E-state index in [1.54, 1.807) is 21.3 Å². The fraction of sp³-hybridized carbons (Fsp3) is 0.600. The molecule has 8 heteroatoms. The number of piperazine rings is 1. The lowest BCUT2D eigenvalue weighted by molar-refractivity contribution is -0.142. The molecule has 0 aliphatic carbocycles. The van der Waals surface area contributed by atoms with Gasteiger partial charge >= 0.3 is 0 Å². The summed E-state index contributed by atoms with van der Waals surface area (Å²) in [4.78, 5) is 21.0. The van der Waals surface area contributed by atoms with Crippen molar-refractivity contribution in [3.63, 3.8) is 0 Å². The molecule has 1 aromatic carbocycles. The number of nitrogens with one attached hydrogen (secondary N) is 1. The van der Waals surface area contributed by atoms with Crippen LogP contribution in [0.5, 0.6) is 11.5 Å². The lowest BCUT2D eigenvalue weighted by Crippen LogP contribution is -2.55. The van der Waals surface area contributed by atoms with Gasteiger partial charge in [0.05, 0.1) is 14.2 Å². The summed E-state index contributed by atoms with van der Waals surface area (Å²) < 4.78 is 16.2. The van der Waals surface area contributed by atoms with Gasteiger partial charge in [-0.1, -0.05) is 0 Å². The number of aliphatic imine (C=N–C) groups is 1. The van der Waals surface area contributed by atoms with Gasteiger partial charge in [-0.3, -0.25) is 9.79 Å². The topological polar surface area (TPSA) is 75.6 Å². The predicted molar refractivity (Wildman–Crippen MR) is 107 cm³/mol. The molecule has 1 amide bonds. The maximum absolute atomic E-state index is 12.5. The number of carbonyl (C=O) groups excluding carboxylic acids is 1. The van der Waals surface area contributed by atoms with Crippen LogP contribution >= 0.6 is 0 Å². The summed E-state index contributed by atoms with van der Waals surface area (Å²) in [6, 6.07) is 5.77. The summed E-state index contributed by atoms with van der Waals surface area (Å²) >= 11 is 0. The number of methoxy groups -OCH3 is 2. The minimum absolute atomic E-state index is 0.128. The van der Waals surface area contributed by atoms with Crippen LogP contribution in [-0.4, -0.2) is 81.8 Å². The van der Waals surface area contributed by atoms with E-state index in [0.29, 0.717) is 26.2 Å². The van der Waals surface area contributed by atoms with Crippen LogP contribution in [0.25, 0.3) is 0 Å². The number of carbonyl (C=O) groups is 1. The van der Waals surface area contributed by atoms with E-state index in [1.807, 2.05) is 23.1 Å². The van der Waals surface area contributed by atoms with Gasteiger partial charge in [0.25, 0.3) is 5.91 Å². The zero-order valence-corrected chi connectivity index (χ0v) is 16.9. The van der Waals surface area contributed by atoms with Gasteiger partial charge in [-0.05, 0) is 25.0 Å². The Morgan fingerprint density at radius 3 is 2.57 bits per heavy atom. The van der Waals surface area contributed by atoms with Gasteiger partial charge in [-0.15, -0.1) is 0 Å². The molecule has 8 nitrogen and oxygen atoms in total. The average molecular weight is 390 g/mol.